The molecule has 0 saturated heterocycles. The summed E-state index contributed by atoms with van der Waals surface area (Å²) in [5, 5.41) is 0. The molecule has 82 valence electrons. The number of carbonyl (C=O) groups excluding carboxylic acids is 1. The van der Waals surface area contributed by atoms with Crippen LogP contribution in [0, 0.1) is 0 Å². The normalized spacial score (nSPS) is 12.2. The Balaban J connectivity index is 3.03. The van der Waals surface area contributed by atoms with E-state index in [1.165, 1.54) is 6.20 Å². The van der Waals surface area contributed by atoms with Gasteiger partial charge in [-0.25, -0.2) is 9.78 Å². The third kappa shape index (κ3) is 2.63. The Morgan fingerprint density at radius 3 is 2.87 bits per heavy atom. The molecule has 6 nitrogen and oxygen atoms in total. The number of nitrogens with one attached hydrogen (secondary N) is 1. The molecule has 1 unspecified atom stereocenters. The maximum Gasteiger partial charge on any atom is 0.345 e. The number of aromatic amines is 1. The summed E-state index contributed by atoms with van der Waals surface area (Å²) >= 11 is 0. The van der Waals surface area contributed by atoms with E-state index >= 15 is 0 Å². The van der Waals surface area contributed by atoms with Crippen molar-refractivity contribution >= 4 is 5.97 Å². The van der Waals surface area contributed by atoms with Crippen LogP contribution >= 0.6 is 0 Å². The van der Waals surface area contributed by atoms with Gasteiger partial charge in [0, 0.05) is 6.20 Å². The van der Waals surface area contributed by atoms with Gasteiger partial charge in [0.25, 0.3) is 5.56 Å². The van der Waals surface area contributed by atoms with Crippen molar-refractivity contribution in [3.8, 4) is 0 Å². The molecule has 1 aromatic heterocycles. The first-order valence-corrected chi connectivity index (χ1v) is 4.58. The molecule has 0 saturated carbocycles. The van der Waals surface area contributed by atoms with Crippen LogP contribution in [0.2, 0.25) is 0 Å². The van der Waals surface area contributed by atoms with Gasteiger partial charge in [0.2, 0.25) is 0 Å². The number of nitrogens with two attached hydrogens (primary N) is 1. The first kappa shape index (κ1) is 11.4. The first-order valence-electron chi connectivity index (χ1n) is 4.58. The number of nitrogens with zero attached hydrogens (tertiary/aromatic N) is 1. The van der Waals surface area contributed by atoms with Gasteiger partial charge in [-0.2, -0.15) is 0 Å². The molecular formula is C9H13N3O3. The zero-order chi connectivity index (χ0) is 11.4. The highest BCUT2D eigenvalue weighted by atomic mass is 16.5. The molecule has 15 heavy (non-hydrogen) atoms. The largest absolute Gasteiger partial charge is 0.462 e. The molecule has 1 heterocycles. The van der Waals surface area contributed by atoms with E-state index in [1.807, 2.05) is 0 Å². The van der Waals surface area contributed by atoms with E-state index in [4.69, 9.17) is 5.73 Å². The van der Waals surface area contributed by atoms with Gasteiger partial charge in [0.15, 0.2) is 0 Å². The van der Waals surface area contributed by atoms with Crippen molar-refractivity contribution in [1.29, 1.82) is 0 Å². The predicted octanol–water partition coefficient (Wildman–Crippen LogP) is -0.0337. The van der Waals surface area contributed by atoms with E-state index in [9.17, 15) is 9.59 Å². The van der Waals surface area contributed by atoms with E-state index in [-0.39, 0.29) is 18.2 Å². The van der Waals surface area contributed by atoms with Gasteiger partial charge in [-0.05, 0) is 13.8 Å². The van der Waals surface area contributed by atoms with Crippen molar-refractivity contribution < 1.29 is 9.53 Å². The van der Waals surface area contributed by atoms with Crippen LogP contribution in [0.3, 0.4) is 0 Å². The van der Waals surface area contributed by atoms with E-state index in [2.05, 4.69) is 14.7 Å². The Morgan fingerprint density at radius 1 is 1.73 bits per heavy atom. The minimum absolute atomic E-state index is 0.110. The van der Waals surface area contributed by atoms with Gasteiger partial charge in [-0.1, -0.05) is 0 Å². The minimum atomic E-state index is -0.678. The molecule has 0 aromatic carbocycles. The zero-order valence-electron chi connectivity index (χ0n) is 8.61. The lowest BCUT2D eigenvalue weighted by atomic mass is 10.3. The summed E-state index contributed by atoms with van der Waals surface area (Å²) in [5.74, 6) is -0.337. The number of hydrogen-bond donors (Lipinski definition) is 2. The second-order valence-corrected chi connectivity index (χ2v) is 3.02. The van der Waals surface area contributed by atoms with Gasteiger partial charge in [0.1, 0.15) is 11.4 Å². The number of rotatable bonds is 3. The van der Waals surface area contributed by atoms with Crippen LogP contribution in [0.1, 0.15) is 36.1 Å². The minimum Gasteiger partial charge on any atom is -0.462 e. The monoisotopic (exact) mass is 211 g/mol. The summed E-state index contributed by atoms with van der Waals surface area (Å²) in [6, 6.07) is -0.381. The third-order valence-corrected chi connectivity index (χ3v) is 1.75. The standard InChI is InChI=1S/C9H13N3O3/c1-3-15-9(14)6-4-11-7(5(2)10)12-8(6)13/h4-5H,3,10H2,1-2H3,(H,11,12,13). The molecule has 0 amide bonds. The summed E-state index contributed by atoms with van der Waals surface area (Å²) in [6.45, 7) is 3.56. The number of ether oxygens (including phenoxy) is 1. The van der Waals surface area contributed by atoms with Crippen LogP contribution in [0.25, 0.3) is 0 Å². The van der Waals surface area contributed by atoms with Crippen LogP contribution in [-0.2, 0) is 4.74 Å². The molecule has 1 atom stereocenters. The predicted molar refractivity (Wildman–Crippen MR) is 53.4 cm³/mol. The Kier molecular flexibility index (Phi) is 3.56. The van der Waals surface area contributed by atoms with E-state index in [1.54, 1.807) is 13.8 Å². The summed E-state index contributed by atoms with van der Waals surface area (Å²) in [5.41, 5.74) is 4.88. The second-order valence-electron chi connectivity index (χ2n) is 3.02. The summed E-state index contributed by atoms with van der Waals surface area (Å²) < 4.78 is 4.68. The highest BCUT2D eigenvalue weighted by Gasteiger charge is 2.13. The highest BCUT2D eigenvalue weighted by molar-refractivity contribution is 5.88. The average molecular weight is 211 g/mol. The topological polar surface area (TPSA) is 98.1 Å². The zero-order valence-corrected chi connectivity index (χ0v) is 8.61. The van der Waals surface area contributed by atoms with Crippen LogP contribution in [0.15, 0.2) is 11.0 Å². The Morgan fingerprint density at radius 2 is 2.40 bits per heavy atom. The van der Waals surface area contributed by atoms with Crippen LogP contribution < -0.4 is 11.3 Å². The lowest BCUT2D eigenvalue weighted by molar-refractivity contribution is 0.0523. The SMILES string of the molecule is CCOC(=O)c1cnc(C(C)N)[nH]c1=O. The van der Waals surface area contributed by atoms with Crippen molar-refractivity contribution in [3.05, 3.63) is 27.9 Å². The summed E-state index contributed by atoms with van der Waals surface area (Å²) in [6.07, 6.45) is 1.18. The van der Waals surface area contributed by atoms with Crippen LogP contribution in [-0.4, -0.2) is 22.5 Å². The van der Waals surface area contributed by atoms with Crippen molar-refractivity contribution in [1.82, 2.24) is 9.97 Å². The lowest BCUT2D eigenvalue weighted by Gasteiger charge is -2.05. The maximum absolute atomic E-state index is 11.4. The number of carbonyl (C=O) groups is 1. The molecule has 6 heteroatoms. The number of aromatic nitrogens is 2. The van der Waals surface area contributed by atoms with Gasteiger partial charge in [0.05, 0.1) is 12.6 Å². The van der Waals surface area contributed by atoms with Crippen molar-refractivity contribution in [2.75, 3.05) is 6.61 Å². The van der Waals surface area contributed by atoms with Gasteiger partial charge < -0.3 is 15.5 Å². The molecule has 0 aliphatic heterocycles. The van der Waals surface area contributed by atoms with E-state index in [0.29, 0.717) is 5.82 Å². The fourth-order valence-electron chi connectivity index (χ4n) is 0.994. The van der Waals surface area contributed by atoms with Crippen LogP contribution in [0.5, 0.6) is 0 Å². The number of H-pyrrole nitrogens is 1. The molecule has 0 spiro atoms. The summed E-state index contributed by atoms with van der Waals surface area (Å²) in [4.78, 5) is 28.9. The Bertz CT molecular complexity index is 411. The molecule has 3 N–H and O–H groups in total. The Labute approximate surface area is 86.5 Å². The highest BCUT2D eigenvalue weighted by Crippen LogP contribution is 2.00. The molecule has 0 fully saturated rings. The maximum atomic E-state index is 11.4. The molecule has 0 bridgehead atoms. The average Bonchev–Trinajstić information content (AvgIpc) is 2.17. The molecule has 0 aliphatic carbocycles. The second kappa shape index (κ2) is 4.70. The first-order chi connectivity index (χ1) is 7.06. The smallest absolute Gasteiger partial charge is 0.345 e. The van der Waals surface area contributed by atoms with Crippen molar-refractivity contribution in [3.63, 3.8) is 0 Å². The van der Waals surface area contributed by atoms with E-state index < -0.39 is 11.5 Å². The third-order valence-electron chi connectivity index (χ3n) is 1.75. The Hall–Kier alpha value is -1.69. The molecule has 0 aliphatic rings. The molecule has 0 radical (unpaired) electrons. The number of hydrogen-bond acceptors (Lipinski definition) is 5. The van der Waals surface area contributed by atoms with Crippen molar-refractivity contribution in [2.24, 2.45) is 5.73 Å². The molecule has 1 aromatic rings. The molecule has 1 rings (SSSR count). The van der Waals surface area contributed by atoms with Gasteiger partial charge in [-0.15, -0.1) is 0 Å². The van der Waals surface area contributed by atoms with Gasteiger partial charge in [-0.3, -0.25) is 4.79 Å². The van der Waals surface area contributed by atoms with Crippen LogP contribution in [0.4, 0.5) is 0 Å². The van der Waals surface area contributed by atoms with Crippen molar-refractivity contribution in [2.45, 2.75) is 19.9 Å². The fourth-order valence-corrected chi connectivity index (χ4v) is 0.994. The van der Waals surface area contributed by atoms with E-state index in [0.717, 1.165) is 0 Å². The quantitative estimate of drug-likeness (QED) is 0.684. The molecular weight excluding hydrogens is 198 g/mol. The lowest BCUT2D eigenvalue weighted by Crippen LogP contribution is -2.24. The summed E-state index contributed by atoms with van der Waals surface area (Å²) in [7, 11) is 0. The number of esters is 1. The van der Waals surface area contributed by atoms with Gasteiger partial charge >= 0.3 is 5.97 Å². The fraction of sp³-hybridized carbons (Fsp3) is 0.444.